The summed E-state index contributed by atoms with van der Waals surface area (Å²) >= 11 is 1.45. The number of thiazole rings is 1. The van der Waals surface area contributed by atoms with Gasteiger partial charge in [0.15, 0.2) is 11.3 Å². The number of carbonyl (C=O) groups is 1. The maximum atomic E-state index is 10.8. The van der Waals surface area contributed by atoms with E-state index in [9.17, 15) is 4.79 Å². The van der Waals surface area contributed by atoms with Crippen LogP contribution in [-0.4, -0.2) is 11.3 Å². The Labute approximate surface area is 105 Å². The normalized spacial score (nSPS) is 10.6. The second-order valence-corrected chi connectivity index (χ2v) is 5.49. The van der Waals surface area contributed by atoms with Crippen molar-refractivity contribution < 1.29 is 4.79 Å². The van der Waals surface area contributed by atoms with E-state index in [4.69, 9.17) is 0 Å². The van der Waals surface area contributed by atoms with Crippen LogP contribution < -0.4 is 0 Å². The number of carbonyl (C=O) groups excluding carboxylic acids is 1. The van der Waals surface area contributed by atoms with Gasteiger partial charge in [-0.15, -0.1) is 11.3 Å². The Balaban J connectivity index is 2.64. The Morgan fingerprint density at radius 3 is 2.41 bits per heavy atom. The van der Waals surface area contributed by atoms with Crippen molar-refractivity contribution in [3.05, 3.63) is 38.7 Å². The molecule has 17 heavy (non-hydrogen) atoms. The van der Waals surface area contributed by atoms with E-state index in [1.54, 1.807) is 0 Å². The summed E-state index contributed by atoms with van der Waals surface area (Å²) < 4.78 is 0. The van der Waals surface area contributed by atoms with Gasteiger partial charge in [0, 0.05) is 10.4 Å². The number of rotatable bonds is 2. The van der Waals surface area contributed by atoms with Gasteiger partial charge in [-0.2, -0.15) is 0 Å². The van der Waals surface area contributed by atoms with Crippen LogP contribution in [0.25, 0.3) is 11.3 Å². The first-order valence-corrected chi connectivity index (χ1v) is 6.36. The van der Waals surface area contributed by atoms with Crippen molar-refractivity contribution in [1.82, 2.24) is 4.98 Å². The van der Waals surface area contributed by atoms with Crippen molar-refractivity contribution in [2.24, 2.45) is 0 Å². The summed E-state index contributed by atoms with van der Waals surface area (Å²) in [6.07, 6.45) is 0.817. The molecule has 0 spiro atoms. The van der Waals surface area contributed by atoms with E-state index in [1.807, 2.05) is 6.92 Å². The highest BCUT2D eigenvalue weighted by Gasteiger charge is 2.13. The van der Waals surface area contributed by atoms with E-state index in [0.29, 0.717) is 5.01 Å². The molecule has 0 radical (unpaired) electrons. The van der Waals surface area contributed by atoms with E-state index in [0.717, 1.165) is 22.4 Å². The van der Waals surface area contributed by atoms with Gasteiger partial charge in [-0.05, 0) is 44.4 Å². The van der Waals surface area contributed by atoms with Crippen molar-refractivity contribution in [3.8, 4) is 11.3 Å². The molecule has 1 aromatic heterocycles. The zero-order valence-electron chi connectivity index (χ0n) is 10.5. The van der Waals surface area contributed by atoms with Gasteiger partial charge >= 0.3 is 0 Å². The van der Waals surface area contributed by atoms with Gasteiger partial charge in [-0.3, -0.25) is 4.79 Å². The minimum absolute atomic E-state index is 0.551. The summed E-state index contributed by atoms with van der Waals surface area (Å²) in [6.45, 7) is 8.35. The molecule has 0 atom stereocenters. The Bertz CT molecular complexity index is 584. The summed E-state index contributed by atoms with van der Waals surface area (Å²) in [5.41, 5.74) is 5.90. The first-order valence-electron chi connectivity index (χ1n) is 5.54. The molecule has 0 N–H and O–H groups in total. The summed E-state index contributed by atoms with van der Waals surface area (Å²) in [4.78, 5) is 16.2. The molecule has 3 heteroatoms. The second kappa shape index (κ2) is 4.41. The lowest BCUT2D eigenvalue weighted by Gasteiger charge is -2.10. The van der Waals surface area contributed by atoms with Gasteiger partial charge in [0.25, 0.3) is 0 Å². The van der Waals surface area contributed by atoms with Crippen LogP contribution in [0, 0.1) is 27.7 Å². The molecule has 0 fully saturated rings. The van der Waals surface area contributed by atoms with Gasteiger partial charge in [0.1, 0.15) is 0 Å². The number of aromatic nitrogens is 1. The number of aldehydes is 1. The standard InChI is InChI=1S/C14H15NOS/c1-8-5-6-12(10(3)9(8)2)14-11(4)17-13(7-16)15-14/h5-7H,1-4H3. The highest BCUT2D eigenvalue weighted by molar-refractivity contribution is 7.13. The van der Waals surface area contributed by atoms with Crippen molar-refractivity contribution in [1.29, 1.82) is 0 Å². The van der Waals surface area contributed by atoms with E-state index in [-0.39, 0.29) is 0 Å². The highest BCUT2D eigenvalue weighted by atomic mass is 32.1. The minimum atomic E-state index is 0.551. The maximum Gasteiger partial charge on any atom is 0.178 e. The summed E-state index contributed by atoms with van der Waals surface area (Å²) in [5.74, 6) is 0. The third-order valence-corrected chi connectivity index (χ3v) is 4.12. The van der Waals surface area contributed by atoms with Crippen molar-refractivity contribution in [2.45, 2.75) is 27.7 Å². The summed E-state index contributed by atoms with van der Waals surface area (Å²) in [6, 6.07) is 4.20. The van der Waals surface area contributed by atoms with Crippen LogP contribution in [0.2, 0.25) is 0 Å². The van der Waals surface area contributed by atoms with Crippen molar-refractivity contribution in [3.63, 3.8) is 0 Å². The van der Waals surface area contributed by atoms with E-state index < -0.39 is 0 Å². The SMILES string of the molecule is Cc1ccc(-c2nc(C=O)sc2C)c(C)c1C. The van der Waals surface area contributed by atoms with E-state index >= 15 is 0 Å². The minimum Gasteiger partial charge on any atom is -0.295 e. The van der Waals surface area contributed by atoms with Gasteiger partial charge in [0.05, 0.1) is 5.69 Å². The number of aryl methyl sites for hydroxylation is 2. The summed E-state index contributed by atoms with van der Waals surface area (Å²) in [7, 11) is 0. The summed E-state index contributed by atoms with van der Waals surface area (Å²) in [5, 5.41) is 0.551. The smallest absolute Gasteiger partial charge is 0.178 e. The second-order valence-electron chi connectivity index (χ2n) is 4.25. The van der Waals surface area contributed by atoms with Gasteiger partial charge in [-0.25, -0.2) is 4.98 Å². The lowest BCUT2D eigenvalue weighted by Crippen LogP contribution is -1.92. The van der Waals surface area contributed by atoms with E-state index in [1.165, 1.54) is 28.0 Å². The number of benzene rings is 1. The lowest BCUT2D eigenvalue weighted by molar-refractivity contribution is 0.112. The lowest BCUT2D eigenvalue weighted by atomic mass is 9.97. The molecular formula is C14H15NOS. The molecule has 2 rings (SSSR count). The molecular weight excluding hydrogens is 230 g/mol. The predicted octanol–water partition coefficient (Wildman–Crippen LogP) is 3.86. The molecule has 0 amide bonds. The fraction of sp³-hybridized carbons (Fsp3) is 0.286. The van der Waals surface area contributed by atoms with Gasteiger partial charge in [0.2, 0.25) is 0 Å². The van der Waals surface area contributed by atoms with Crippen LogP contribution in [-0.2, 0) is 0 Å². The van der Waals surface area contributed by atoms with Crippen LogP contribution in [0.4, 0.5) is 0 Å². The molecule has 0 unspecified atom stereocenters. The topological polar surface area (TPSA) is 30.0 Å². The average Bonchev–Trinajstić information content (AvgIpc) is 2.68. The highest BCUT2D eigenvalue weighted by Crippen LogP contribution is 2.31. The molecule has 0 aliphatic rings. The average molecular weight is 245 g/mol. The maximum absolute atomic E-state index is 10.8. The van der Waals surface area contributed by atoms with Gasteiger partial charge < -0.3 is 0 Å². The third-order valence-electron chi connectivity index (χ3n) is 3.23. The molecule has 0 saturated heterocycles. The first-order chi connectivity index (χ1) is 8.04. The first kappa shape index (κ1) is 12.0. The van der Waals surface area contributed by atoms with Crippen molar-refractivity contribution in [2.75, 3.05) is 0 Å². The fourth-order valence-electron chi connectivity index (χ4n) is 1.93. The molecule has 1 aromatic carbocycles. The zero-order valence-corrected chi connectivity index (χ0v) is 11.3. The zero-order chi connectivity index (χ0) is 12.6. The molecule has 0 aliphatic heterocycles. The van der Waals surface area contributed by atoms with Crippen LogP contribution in [0.5, 0.6) is 0 Å². The Hall–Kier alpha value is -1.48. The number of hydrogen-bond acceptors (Lipinski definition) is 3. The quantitative estimate of drug-likeness (QED) is 0.752. The fourth-order valence-corrected chi connectivity index (χ4v) is 2.68. The van der Waals surface area contributed by atoms with Crippen LogP contribution in [0.15, 0.2) is 12.1 Å². The largest absolute Gasteiger partial charge is 0.295 e. The Morgan fingerprint density at radius 1 is 1.12 bits per heavy atom. The van der Waals surface area contributed by atoms with E-state index in [2.05, 4.69) is 37.9 Å². The molecule has 0 bridgehead atoms. The number of nitrogens with zero attached hydrogens (tertiary/aromatic N) is 1. The molecule has 1 heterocycles. The van der Waals surface area contributed by atoms with Crippen LogP contribution in [0.1, 0.15) is 31.4 Å². The number of hydrogen-bond donors (Lipinski definition) is 0. The Morgan fingerprint density at radius 2 is 1.82 bits per heavy atom. The Kier molecular flexibility index (Phi) is 3.11. The van der Waals surface area contributed by atoms with Crippen LogP contribution in [0.3, 0.4) is 0 Å². The third kappa shape index (κ3) is 2.03. The molecule has 2 nitrogen and oxygen atoms in total. The van der Waals surface area contributed by atoms with Crippen LogP contribution >= 0.6 is 11.3 Å². The molecule has 0 aliphatic carbocycles. The molecule has 0 saturated carbocycles. The monoisotopic (exact) mass is 245 g/mol. The van der Waals surface area contributed by atoms with Gasteiger partial charge in [-0.1, -0.05) is 12.1 Å². The molecule has 88 valence electrons. The predicted molar refractivity (Wildman–Crippen MR) is 71.9 cm³/mol. The molecule has 2 aromatic rings. The van der Waals surface area contributed by atoms with Crippen molar-refractivity contribution >= 4 is 17.6 Å².